The fourth-order valence-corrected chi connectivity index (χ4v) is 4.76. The minimum atomic E-state index is -1.25. The standard InChI is InChI=1S/C29H28F2N4O4/c1-16-7-5-8-17(2)26(16)19-11-21(27(31)22(30)12-19)23(13-25(37)39-4)33-24(36)14-32-29(38)20-10-6-9-18-15-35(3)34-28(18)20/h5-12,15,18,23H,13-14H2,1-4H3,(H-,32,33,36,38)/p+1. The van der Waals surface area contributed by atoms with Gasteiger partial charge < -0.3 is 15.4 Å². The van der Waals surface area contributed by atoms with Crippen molar-refractivity contribution in [2.75, 3.05) is 20.7 Å². The predicted octanol–water partition coefficient (Wildman–Crippen LogP) is 3.28. The van der Waals surface area contributed by atoms with Gasteiger partial charge in [-0.1, -0.05) is 35.0 Å². The summed E-state index contributed by atoms with van der Waals surface area (Å²) in [6.07, 6.45) is 6.63. The second-order valence-electron chi connectivity index (χ2n) is 9.41. The number of carbonyl (C=O) groups is 3. The van der Waals surface area contributed by atoms with Crippen LogP contribution in [-0.2, 0) is 19.1 Å². The van der Waals surface area contributed by atoms with Crippen molar-refractivity contribution < 1.29 is 32.6 Å². The van der Waals surface area contributed by atoms with E-state index in [1.54, 1.807) is 23.9 Å². The summed E-state index contributed by atoms with van der Waals surface area (Å²) in [6.45, 7) is 3.25. The Morgan fingerprint density at radius 1 is 1.15 bits per heavy atom. The predicted molar refractivity (Wildman–Crippen MR) is 142 cm³/mol. The van der Waals surface area contributed by atoms with Crippen LogP contribution < -0.4 is 10.6 Å². The topological polar surface area (TPSA) is 99.9 Å². The Hall–Kier alpha value is -4.47. The molecule has 2 aromatic carbocycles. The maximum atomic E-state index is 15.1. The maximum Gasteiger partial charge on any atom is 0.307 e. The van der Waals surface area contributed by atoms with Gasteiger partial charge in [-0.15, -0.1) is 0 Å². The highest BCUT2D eigenvalue weighted by Crippen LogP contribution is 2.33. The van der Waals surface area contributed by atoms with Crippen LogP contribution in [0, 0.1) is 31.4 Å². The molecule has 10 heteroatoms. The van der Waals surface area contributed by atoms with Crippen LogP contribution >= 0.6 is 0 Å². The fraction of sp³-hybridized carbons (Fsp3) is 0.276. The number of benzene rings is 2. The van der Waals surface area contributed by atoms with Gasteiger partial charge in [-0.2, -0.15) is 0 Å². The third-order valence-corrected chi connectivity index (χ3v) is 6.60. The van der Waals surface area contributed by atoms with Gasteiger partial charge in [0.25, 0.3) is 5.91 Å². The molecule has 2 N–H and O–H groups in total. The van der Waals surface area contributed by atoms with E-state index >= 15 is 4.39 Å². The Bertz CT molecular complexity index is 1460. The van der Waals surface area contributed by atoms with Crippen LogP contribution in [0.15, 0.2) is 59.2 Å². The lowest BCUT2D eigenvalue weighted by Crippen LogP contribution is -2.41. The lowest BCUT2D eigenvalue weighted by molar-refractivity contribution is -0.495. The van der Waals surface area contributed by atoms with Crippen molar-refractivity contribution in [2.45, 2.75) is 26.3 Å². The molecule has 202 valence electrons. The second-order valence-corrected chi connectivity index (χ2v) is 9.41. The molecule has 8 nitrogen and oxygen atoms in total. The van der Waals surface area contributed by atoms with Gasteiger partial charge in [-0.3, -0.25) is 14.4 Å². The van der Waals surface area contributed by atoms with Gasteiger partial charge in [0, 0.05) is 5.56 Å². The van der Waals surface area contributed by atoms with Gasteiger partial charge in [0.05, 0.1) is 31.7 Å². The number of esters is 1. The molecular formula is C29H29F2N4O4+. The number of hydrazone groups is 1. The van der Waals surface area contributed by atoms with Crippen molar-refractivity contribution in [2.24, 2.45) is 11.0 Å². The molecule has 0 saturated heterocycles. The van der Waals surface area contributed by atoms with Crippen LogP contribution in [-0.4, -0.2) is 55.1 Å². The van der Waals surface area contributed by atoms with Crippen molar-refractivity contribution in [3.8, 4) is 11.1 Å². The number of carbonyl (C=O) groups excluding carboxylic acids is 3. The van der Waals surface area contributed by atoms with Gasteiger partial charge in [-0.05, 0) is 59.4 Å². The molecule has 4 rings (SSSR count). The lowest BCUT2D eigenvalue weighted by Gasteiger charge is -2.21. The van der Waals surface area contributed by atoms with Crippen LogP contribution in [0.4, 0.5) is 8.78 Å². The number of allylic oxidation sites excluding steroid dienone is 3. The molecule has 39 heavy (non-hydrogen) atoms. The maximum absolute atomic E-state index is 15.1. The molecule has 2 aromatic rings. The van der Waals surface area contributed by atoms with E-state index in [0.29, 0.717) is 16.8 Å². The van der Waals surface area contributed by atoms with Gasteiger partial charge in [0.15, 0.2) is 24.9 Å². The van der Waals surface area contributed by atoms with Crippen molar-refractivity contribution in [3.63, 3.8) is 0 Å². The summed E-state index contributed by atoms with van der Waals surface area (Å²) in [5, 5.41) is 9.40. The van der Waals surface area contributed by atoms with E-state index in [0.717, 1.165) is 29.9 Å². The lowest BCUT2D eigenvalue weighted by atomic mass is 9.92. The largest absolute Gasteiger partial charge is 0.469 e. The minimum Gasteiger partial charge on any atom is -0.469 e. The first-order chi connectivity index (χ1) is 18.6. The Kier molecular flexibility index (Phi) is 8.13. The number of aryl methyl sites for hydroxylation is 2. The molecular weight excluding hydrogens is 506 g/mol. The number of nitrogens with one attached hydrogen (secondary N) is 2. The SMILES string of the molecule is COC(=O)CC(NC(=O)CNC(=O)C1=CC=CC2C=[N+](C)N=C12)c1cc(-c2c(C)cccc2C)cc(F)c1F. The Morgan fingerprint density at radius 3 is 2.56 bits per heavy atom. The molecule has 1 aliphatic heterocycles. The third kappa shape index (κ3) is 6.00. The molecule has 0 radical (unpaired) electrons. The number of methoxy groups -OCH3 is 1. The highest BCUT2D eigenvalue weighted by molar-refractivity contribution is 6.27. The molecule has 2 aliphatic rings. The van der Waals surface area contributed by atoms with Crippen LogP contribution in [0.5, 0.6) is 0 Å². The molecule has 1 aliphatic carbocycles. The molecule has 0 fully saturated rings. The smallest absolute Gasteiger partial charge is 0.307 e. The van der Waals surface area contributed by atoms with Crippen LogP contribution in [0.2, 0.25) is 0 Å². The average Bonchev–Trinajstić information content (AvgIpc) is 3.28. The van der Waals surface area contributed by atoms with Crippen molar-refractivity contribution >= 4 is 29.7 Å². The van der Waals surface area contributed by atoms with E-state index in [1.807, 2.05) is 44.3 Å². The van der Waals surface area contributed by atoms with Gasteiger partial charge in [0.1, 0.15) is 11.6 Å². The van der Waals surface area contributed by atoms with Crippen molar-refractivity contribution in [3.05, 3.63) is 82.5 Å². The van der Waals surface area contributed by atoms with Crippen molar-refractivity contribution in [1.29, 1.82) is 0 Å². The van der Waals surface area contributed by atoms with Crippen molar-refractivity contribution in [1.82, 2.24) is 10.6 Å². The second kappa shape index (κ2) is 11.5. The number of hydrogen-bond donors (Lipinski definition) is 2. The zero-order valence-electron chi connectivity index (χ0n) is 22.0. The summed E-state index contributed by atoms with van der Waals surface area (Å²) in [7, 11) is 2.91. The highest BCUT2D eigenvalue weighted by atomic mass is 19.2. The summed E-state index contributed by atoms with van der Waals surface area (Å²) in [5.41, 5.74) is 3.50. The number of halogens is 2. The first kappa shape index (κ1) is 27.6. The summed E-state index contributed by atoms with van der Waals surface area (Å²) in [6, 6.07) is 6.83. The molecule has 0 aromatic heterocycles. The van der Waals surface area contributed by atoms with E-state index < -0.39 is 48.4 Å². The Labute approximate surface area is 224 Å². The number of fused-ring (bicyclic) bond motifs is 1. The van der Waals surface area contributed by atoms with Gasteiger partial charge >= 0.3 is 5.97 Å². The van der Waals surface area contributed by atoms with E-state index in [1.165, 1.54) is 6.07 Å². The molecule has 2 amide bonds. The Balaban J connectivity index is 1.55. The number of nitrogens with zero attached hydrogens (tertiary/aromatic N) is 2. The number of hydrogen-bond acceptors (Lipinski definition) is 5. The fourth-order valence-electron chi connectivity index (χ4n) is 4.76. The number of ether oxygens (including phenoxy) is 1. The van der Waals surface area contributed by atoms with Crippen LogP contribution in [0.1, 0.15) is 29.2 Å². The first-order valence-corrected chi connectivity index (χ1v) is 12.3. The summed E-state index contributed by atoms with van der Waals surface area (Å²) < 4.78 is 36.2. The first-order valence-electron chi connectivity index (χ1n) is 12.3. The normalized spacial score (nSPS) is 16.5. The highest BCUT2D eigenvalue weighted by Gasteiger charge is 2.32. The summed E-state index contributed by atoms with van der Waals surface area (Å²) in [5.74, 6) is -4.38. The molecule has 0 saturated carbocycles. The average molecular weight is 536 g/mol. The Morgan fingerprint density at radius 2 is 1.87 bits per heavy atom. The monoisotopic (exact) mass is 535 g/mol. The molecule has 1 heterocycles. The zero-order chi connectivity index (χ0) is 28.3. The van der Waals surface area contributed by atoms with E-state index in [2.05, 4.69) is 15.7 Å². The van der Waals surface area contributed by atoms with E-state index in [4.69, 9.17) is 4.74 Å². The number of amides is 2. The van der Waals surface area contributed by atoms with Crippen LogP contribution in [0.25, 0.3) is 11.1 Å². The molecule has 0 spiro atoms. The van der Waals surface area contributed by atoms with Crippen LogP contribution in [0.3, 0.4) is 0 Å². The quantitative estimate of drug-likeness (QED) is 0.400. The summed E-state index contributed by atoms with van der Waals surface area (Å²) in [4.78, 5) is 37.8. The molecule has 0 bridgehead atoms. The van der Waals surface area contributed by atoms with E-state index in [9.17, 15) is 18.8 Å². The third-order valence-electron chi connectivity index (χ3n) is 6.60. The van der Waals surface area contributed by atoms with Gasteiger partial charge in [-0.25, -0.2) is 8.78 Å². The van der Waals surface area contributed by atoms with Gasteiger partial charge in [0.2, 0.25) is 5.91 Å². The number of rotatable bonds is 8. The molecule has 2 unspecified atom stereocenters. The minimum absolute atomic E-state index is 0.138. The molecule has 2 atom stereocenters. The summed E-state index contributed by atoms with van der Waals surface area (Å²) >= 11 is 0. The zero-order valence-corrected chi connectivity index (χ0v) is 22.0. The van der Waals surface area contributed by atoms with E-state index in [-0.39, 0.29) is 11.5 Å².